The molecule has 5 heteroatoms. The normalized spacial score (nSPS) is 14.9. The second-order valence-electron chi connectivity index (χ2n) is 4.84. The Labute approximate surface area is 127 Å². The largest absolute Gasteiger partial charge is 1.00 e. The van der Waals surface area contributed by atoms with Crippen LogP contribution in [0.4, 0.5) is 0 Å². The second-order valence-corrected chi connectivity index (χ2v) is 4.84. The molecule has 0 heterocycles. The zero-order valence-electron chi connectivity index (χ0n) is 12.7. The Morgan fingerprint density at radius 2 is 1.95 bits per heavy atom. The van der Waals surface area contributed by atoms with Crippen molar-refractivity contribution in [2.75, 3.05) is 0 Å². The number of hydrogen-bond acceptors (Lipinski definition) is 3. The minimum absolute atomic E-state index is 0. The topological polar surface area (TPSA) is 81.4 Å². The zero-order chi connectivity index (χ0) is 13.8. The molecule has 2 unspecified atom stereocenters. The monoisotopic (exact) mass is 257 g/mol. The van der Waals surface area contributed by atoms with Gasteiger partial charge in [0.2, 0.25) is 0 Å². The molecule has 0 aliphatic rings. The van der Waals surface area contributed by atoms with E-state index >= 15 is 0 Å². The van der Waals surface area contributed by atoms with E-state index in [0.717, 1.165) is 5.56 Å². The summed E-state index contributed by atoms with van der Waals surface area (Å²) < 4.78 is 0. The molecular weight excluding hydrogens is 237 g/mol. The summed E-state index contributed by atoms with van der Waals surface area (Å²) in [4.78, 5) is 11.2. The fraction of sp³-hybridized carbons (Fsp3) is 0.429. The van der Waals surface area contributed by atoms with E-state index < -0.39 is 17.5 Å². The zero-order valence-corrected chi connectivity index (χ0v) is 11.7. The van der Waals surface area contributed by atoms with E-state index in [1.807, 2.05) is 30.3 Å². The Morgan fingerprint density at radius 3 is 2.37 bits per heavy atom. The van der Waals surface area contributed by atoms with Crippen LogP contribution in [0.1, 0.15) is 27.3 Å². The number of carbonyl (C=O) groups is 1. The summed E-state index contributed by atoms with van der Waals surface area (Å²) in [5.41, 5.74) is -0.0147. The van der Waals surface area contributed by atoms with Crippen LogP contribution in [0.3, 0.4) is 0 Å². The maximum Gasteiger partial charge on any atom is 1.00 e. The maximum absolute atomic E-state index is 11.2. The van der Waals surface area contributed by atoms with Crippen molar-refractivity contribution in [1.82, 2.24) is 0 Å². The summed E-state index contributed by atoms with van der Waals surface area (Å²) in [5, 5.41) is 26.6. The van der Waals surface area contributed by atoms with Gasteiger partial charge in [0, 0.05) is 18.6 Å². The Bertz CT molecular complexity index is 439. The number of carboxylic acid groups (broad SMARTS) is 1. The van der Waals surface area contributed by atoms with Crippen molar-refractivity contribution in [2.45, 2.75) is 32.8 Å². The first-order valence-corrected chi connectivity index (χ1v) is 5.88. The SMILES string of the molecule is CC(O)C(C)(CC(=N)Cc1ccccc1)C(=O)O.[H-].[Li+]. The van der Waals surface area contributed by atoms with Gasteiger partial charge in [0.05, 0.1) is 11.5 Å². The molecule has 19 heavy (non-hydrogen) atoms. The van der Waals surface area contributed by atoms with Crippen LogP contribution in [0.25, 0.3) is 0 Å². The second kappa shape index (κ2) is 7.49. The van der Waals surface area contributed by atoms with Gasteiger partial charge >= 0.3 is 24.8 Å². The third kappa shape index (κ3) is 4.83. The number of aliphatic hydroxyl groups is 1. The van der Waals surface area contributed by atoms with E-state index in [2.05, 4.69) is 0 Å². The predicted molar refractivity (Wildman–Crippen MR) is 71.0 cm³/mol. The van der Waals surface area contributed by atoms with Crippen LogP contribution < -0.4 is 18.9 Å². The van der Waals surface area contributed by atoms with Gasteiger partial charge in [-0.25, -0.2) is 0 Å². The van der Waals surface area contributed by atoms with Crippen molar-refractivity contribution in [3.05, 3.63) is 35.9 Å². The van der Waals surface area contributed by atoms with Crippen molar-refractivity contribution >= 4 is 11.7 Å². The fourth-order valence-electron chi connectivity index (χ4n) is 1.75. The van der Waals surface area contributed by atoms with Crippen LogP contribution in [0, 0.1) is 10.8 Å². The minimum Gasteiger partial charge on any atom is -1.00 e. The molecule has 1 aromatic rings. The summed E-state index contributed by atoms with van der Waals surface area (Å²) >= 11 is 0. The quantitative estimate of drug-likeness (QED) is 0.462. The number of nitrogens with one attached hydrogen (secondary N) is 1. The summed E-state index contributed by atoms with van der Waals surface area (Å²) in [6, 6.07) is 9.45. The smallest absolute Gasteiger partial charge is 1.00 e. The first kappa shape index (κ1) is 17.9. The summed E-state index contributed by atoms with van der Waals surface area (Å²) in [7, 11) is 0. The molecule has 0 radical (unpaired) electrons. The van der Waals surface area contributed by atoms with Gasteiger partial charge in [-0.2, -0.15) is 0 Å². The van der Waals surface area contributed by atoms with E-state index in [9.17, 15) is 9.90 Å². The summed E-state index contributed by atoms with van der Waals surface area (Å²) in [5.74, 6) is -1.07. The predicted octanol–water partition coefficient (Wildman–Crippen LogP) is -0.773. The average molecular weight is 257 g/mol. The Kier molecular flexibility index (Phi) is 7.07. The molecule has 0 fully saturated rings. The third-order valence-corrected chi connectivity index (χ3v) is 3.25. The fourth-order valence-corrected chi connectivity index (χ4v) is 1.75. The molecule has 3 N–H and O–H groups in total. The van der Waals surface area contributed by atoms with Gasteiger partial charge in [0.25, 0.3) is 0 Å². The standard InChI is InChI=1S/C14H19NO3.Li.H/c1-10(16)14(2,13(17)18)9-12(15)8-11-6-4-3-5-7-11;;/h3-7,10,15-16H,8-9H2,1-2H3,(H,17,18);;/q;+1;-1. The van der Waals surface area contributed by atoms with Gasteiger partial charge in [0.15, 0.2) is 0 Å². The average Bonchev–Trinajstić information content (AvgIpc) is 2.29. The summed E-state index contributed by atoms with van der Waals surface area (Å²) in [6.45, 7) is 2.92. The molecule has 100 valence electrons. The Hall–Kier alpha value is -1.08. The number of carboxylic acids is 1. The third-order valence-electron chi connectivity index (χ3n) is 3.25. The van der Waals surface area contributed by atoms with Crippen LogP contribution in [-0.2, 0) is 11.2 Å². The van der Waals surface area contributed by atoms with Gasteiger partial charge in [-0.1, -0.05) is 30.3 Å². The van der Waals surface area contributed by atoms with E-state index in [-0.39, 0.29) is 26.7 Å². The number of aliphatic carboxylic acids is 1. The molecule has 1 rings (SSSR count). The van der Waals surface area contributed by atoms with Crippen molar-refractivity contribution in [3.8, 4) is 0 Å². The molecule has 0 saturated heterocycles. The van der Waals surface area contributed by atoms with Gasteiger partial charge in [-0.3, -0.25) is 4.79 Å². The van der Waals surface area contributed by atoms with Gasteiger partial charge in [-0.05, 0) is 19.4 Å². The molecule has 2 atom stereocenters. The molecule has 0 amide bonds. The molecule has 4 nitrogen and oxygen atoms in total. The minimum atomic E-state index is -1.30. The van der Waals surface area contributed by atoms with Crippen molar-refractivity contribution in [2.24, 2.45) is 5.41 Å². The summed E-state index contributed by atoms with van der Waals surface area (Å²) in [6.07, 6.45) is -0.531. The van der Waals surface area contributed by atoms with Crippen LogP contribution in [-0.4, -0.2) is 28.0 Å². The van der Waals surface area contributed by atoms with Crippen LogP contribution in [0.5, 0.6) is 0 Å². The molecule has 0 aliphatic carbocycles. The van der Waals surface area contributed by atoms with E-state index in [0.29, 0.717) is 12.1 Å². The molecule has 0 spiro atoms. The van der Waals surface area contributed by atoms with Crippen molar-refractivity contribution in [1.29, 1.82) is 5.41 Å². The van der Waals surface area contributed by atoms with Crippen LogP contribution >= 0.6 is 0 Å². The number of rotatable bonds is 6. The number of benzene rings is 1. The van der Waals surface area contributed by atoms with Gasteiger partial charge in [0.1, 0.15) is 0 Å². The molecule has 0 aliphatic heterocycles. The van der Waals surface area contributed by atoms with Crippen LogP contribution in [0.2, 0.25) is 0 Å². The van der Waals surface area contributed by atoms with Gasteiger partial charge < -0.3 is 17.0 Å². The molecule has 0 bridgehead atoms. The molecule has 0 saturated carbocycles. The Balaban J connectivity index is 0. The van der Waals surface area contributed by atoms with Crippen molar-refractivity contribution in [3.63, 3.8) is 0 Å². The molecular formula is C14H20LiNO3. The first-order valence-electron chi connectivity index (χ1n) is 5.88. The number of aliphatic hydroxyl groups excluding tert-OH is 1. The van der Waals surface area contributed by atoms with Crippen molar-refractivity contribution < 1.29 is 35.3 Å². The van der Waals surface area contributed by atoms with E-state index in [1.54, 1.807) is 0 Å². The number of hydrogen-bond donors (Lipinski definition) is 3. The van der Waals surface area contributed by atoms with Crippen LogP contribution in [0.15, 0.2) is 30.3 Å². The van der Waals surface area contributed by atoms with Gasteiger partial charge in [-0.15, -0.1) is 0 Å². The van der Waals surface area contributed by atoms with E-state index in [1.165, 1.54) is 13.8 Å². The molecule has 1 aromatic carbocycles. The van der Waals surface area contributed by atoms with E-state index in [4.69, 9.17) is 10.5 Å². The molecule has 0 aromatic heterocycles. The first-order chi connectivity index (χ1) is 8.36. The maximum atomic E-state index is 11.2. The Morgan fingerprint density at radius 1 is 1.42 bits per heavy atom.